The molecule has 0 aliphatic rings. The smallest absolute Gasteiger partial charge is 0.115 e. The molecule has 0 amide bonds. The van der Waals surface area contributed by atoms with E-state index < -0.39 is 5.60 Å². The van der Waals surface area contributed by atoms with E-state index in [0.717, 1.165) is 12.0 Å². The average molecular weight is 228 g/mol. The van der Waals surface area contributed by atoms with Gasteiger partial charge in [-0.15, -0.1) is 0 Å². The van der Waals surface area contributed by atoms with Crippen LogP contribution in [0.2, 0.25) is 0 Å². The van der Waals surface area contributed by atoms with E-state index in [2.05, 4.69) is 16.9 Å². The molecule has 1 atom stereocenters. The maximum absolute atomic E-state index is 10.5. The van der Waals surface area contributed by atoms with E-state index in [4.69, 9.17) is 0 Å². The Morgan fingerprint density at radius 2 is 1.65 bits per heavy atom. The fraction of sp³-hybridized carbons (Fsp3) is 0.286. The van der Waals surface area contributed by atoms with E-state index in [1.54, 1.807) is 19.3 Å². The Labute approximate surface area is 101 Å². The van der Waals surface area contributed by atoms with E-state index in [9.17, 15) is 5.11 Å². The lowest BCUT2D eigenvalue weighted by Crippen LogP contribution is -2.23. The van der Waals surface area contributed by atoms with Crippen molar-refractivity contribution in [3.63, 3.8) is 0 Å². The zero-order valence-electron chi connectivity index (χ0n) is 10.1. The Kier molecular flexibility index (Phi) is 3.20. The molecule has 1 N–H and O–H groups in total. The normalized spacial score (nSPS) is 14.3. The van der Waals surface area contributed by atoms with Crippen molar-refractivity contribution >= 4 is 0 Å². The van der Waals surface area contributed by atoms with Gasteiger partial charge in [-0.3, -0.25) is 0 Å². The molecule has 1 aromatic heterocycles. The van der Waals surface area contributed by atoms with Crippen molar-refractivity contribution in [2.75, 3.05) is 0 Å². The van der Waals surface area contributed by atoms with Gasteiger partial charge < -0.3 is 5.11 Å². The molecular formula is C14H16N2O. The van der Waals surface area contributed by atoms with Crippen molar-refractivity contribution in [2.45, 2.75) is 25.9 Å². The summed E-state index contributed by atoms with van der Waals surface area (Å²) in [7, 11) is 0. The van der Waals surface area contributed by atoms with Crippen molar-refractivity contribution in [3.05, 3.63) is 59.7 Å². The molecule has 1 aromatic carbocycles. The minimum absolute atomic E-state index is 0.698. The first-order chi connectivity index (χ1) is 8.14. The predicted octanol–water partition coefficient (Wildman–Crippen LogP) is 2.29. The van der Waals surface area contributed by atoms with Gasteiger partial charge in [-0.05, 0) is 24.5 Å². The highest BCUT2D eigenvalue weighted by Gasteiger charge is 2.25. The molecule has 1 unspecified atom stereocenters. The Balaban J connectivity index is 2.37. The first-order valence-electron chi connectivity index (χ1n) is 5.72. The second-order valence-electron chi connectivity index (χ2n) is 4.25. The van der Waals surface area contributed by atoms with Gasteiger partial charge in [-0.1, -0.05) is 31.2 Å². The summed E-state index contributed by atoms with van der Waals surface area (Å²) in [6, 6.07) is 7.97. The fourth-order valence-corrected chi connectivity index (χ4v) is 1.78. The number of aromatic nitrogens is 2. The van der Waals surface area contributed by atoms with Gasteiger partial charge in [0.1, 0.15) is 11.9 Å². The van der Waals surface area contributed by atoms with Crippen molar-refractivity contribution in [1.29, 1.82) is 0 Å². The Hall–Kier alpha value is -1.74. The van der Waals surface area contributed by atoms with Crippen LogP contribution in [0.3, 0.4) is 0 Å². The molecule has 0 bridgehead atoms. The van der Waals surface area contributed by atoms with Crippen LogP contribution in [0.5, 0.6) is 0 Å². The molecule has 3 heteroatoms. The van der Waals surface area contributed by atoms with Crippen molar-refractivity contribution in [2.24, 2.45) is 0 Å². The van der Waals surface area contributed by atoms with Gasteiger partial charge >= 0.3 is 0 Å². The van der Waals surface area contributed by atoms with Crippen molar-refractivity contribution in [1.82, 2.24) is 9.97 Å². The monoisotopic (exact) mass is 228 g/mol. The highest BCUT2D eigenvalue weighted by Crippen LogP contribution is 2.28. The summed E-state index contributed by atoms with van der Waals surface area (Å²) < 4.78 is 0. The van der Waals surface area contributed by atoms with Crippen LogP contribution in [0.15, 0.2) is 43.0 Å². The number of aryl methyl sites for hydroxylation is 1. The van der Waals surface area contributed by atoms with Crippen LogP contribution in [0.25, 0.3) is 0 Å². The first-order valence-corrected chi connectivity index (χ1v) is 5.72. The van der Waals surface area contributed by atoms with Crippen molar-refractivity contribution < 1.29 is 5.11 Å². The number of nitrogens with zero attached hydrogens (tertiary/aromatic N) is 2. The quantitative estimate of drug-likeness (QED) is 0.876. The predicted molar refractivity (Wildman–Crippen MR) is 66.5 cm³/mol. The molecule has 3 nitrogen and oxygen atoms in total. The van der Waals surface area contributed by atoms with Crippen LogP contribution in [0, 0.1) is 0 Å². The number of rotatable bonds is 3. The summed E-state index contributed by atoms with van der Waals surface area (Å²) in [4.78, 5) is 7.88. The molecule has 0 radical (unpaired) electrons. The van der Waals surface area contributed by atoms with E-state index in [-0.39, 0.29) is 0 Å². The molecule has 2 rings (SSSR count). The summed E-state index contributed by atoms with van der Waals surface area (Å²) in [5.74, 6) is 0. The van der Waals surface area contributed by atoms with Crippen LogP contribution in [0.4, 0.5) is 0 Å². The van der Waals surface area contributed by atoms with Crippen LogP contribution in [0.1, 0.15) is 30.5 Å². The summed E-state index contributed by atoms with van der Waals surface area (Å²) in [6.45, 7) is 3.87. The minimum Gasteiger partial charge on any atom is -0.381 e. The van der Waals surface area contributed by atoms with Gasteiger partial charge in [0.2, 0.25) is 0 Å². The third-order valence-electron chi connectivity index (χ3n) is 3.05. The Morgan fingerprint density at radius 1 is 1.06 bits per heavy atom. The lowest BCUT2D eigenvalue weighted by atomic mass is 9.89. The second-order valence-corrected chi connectivity index (χ2v) is 4.25. The number of aliphatic hydroxyl groups is 1. The van der Waals surface area contributed by atoms with Crippen LogP contribution < -0.4 is 0 Å². The number of hydrogen-bond acceptors (Lipinski definition) is 3. The topological polar surface area (TPSA) is 46.0 Å². The van der Waals surface area contributed by atoms with Gasteiger partial charge in [0.05, 0.1) is 0 Å². The lowest BCUT2D eigenvalue weighted by Gasteiger charge is -2.23. The third-order valence-corrected chi connectivity index (χ3v) is 3.05. The van der Waals surface area contributed by atoms with E-state index in [1.807, 2.05) is 24.3 Å². The molecule has 2 aromatic rings. The Morgan fingerprint density at radius 3 is 2.18 bits per heavy atom. The Bertz CT molecular complexity index is 477. The van der Waals surface area contributed by atoms with Gasteiger partial charge in [0.25, 0.3) is 0 Å². The minimum atomic E-state index is -1.05. The molecule has 0 saturated heterocycles. The summed E-state index contributed by atoms with van der Waals surface area (Å²) in [6.07, 6.45) is 5.73. The van der Waals surface area contributed by atoms with Gasteiger partial charge in [-0.2, -0.15) is 0 Å². The van der Waals surface area contributed by atoms with Gasteiger partial charge in [-0.25, -0.2) is 9.97 Å². The zero-order chi connectivity index (χ0) is 12.3. The maximum Gasteiger partial charge on any atom is 0.115 e. The third kappa shape index (κ3) is 2.34. The largest absolute Gasteiger partial charge is 0.381 e. The van der Waals surface area contributed by atoms with E-state index in [1.165, 1.54) is 11.9 Å². The fourth-order valence-electron chi connectivity index (χ4n) is 1.78. The standard InChI is InChI=1S/C14H16N2O/c1-3-11-4-6-12(7-5-11)14(2,17)13-8-15-10-16-9-13/h4-10,17H,3H2,1-2H3. The zero-order valence-corrected chi connectivity index (χ0v) is 10.1. The highest BCUT2D eigenvalue weighted by molar-refractivity contribution is 5.34. The molecule has 88 valence electrons. The number of hydrogen-bond donors (Lipinski definition) is 1. The molecule has 0 aliphatic heterocycles. The van der Waals surface area contributed by atoms with Crippen LogP contribution >= 0.6 is 0 Å². The molecule has 0 aliphatic carbocycles. The second kappa shape index (κ2) is 4.63. The first kappa shape index (κ1) is 11.7. The molecule has 0 spiro atoms. The maximum atomic E-state index is 10.5. The van der Waals surface area contributed by atoms with Gasteiger partial charge in [0.15, 0.2) is 0 Å². The van der Waals surface area contributed by atoms with Crippen LogP contribution in [-0.4, -0.2) is 15.1 Å². The van der Waals surface area contributed by atoms with Gasteiger partial charge in [0, 0.05) is 18.0 Å². The SMILES string of the molecule is CCc1ccc(C(C)(O)c2cncnc2)cc1. The van der Waals surface area contributed by atoms with Crippen molar-refractivity contribution in [3.8, 4) is 0 Å². The highest BCUT2D eigenvalue weighted by atomic mass is 16.3. The number of benzene rings is 1. The van der Waals surface area contributed by atoms with E-state index in [0.29, 0.717) is 5.56 Å². The molecule has 17 heavy (non-hydrogen) atoms. The summed E-state index contributed by atoms with van der Waals surface area (Å²) >= 11 is 0. The van der Waals surface area contributed by atoms with Crippen LogP contribution in [-0.2, 0) is 12.0 Å². The van der Waals surface area contributed by atoms with E-state index >= 15 is 0 Å². The molecule has 0 fully saturated rings. The lowest BCUT2D eigenvalue weighted by molar-refractivity contribution is 0.101. The molecule has 1 heterocycles. The summed E-state index contributed by atoms with van der Waals surface area (Å²) in [5.41, 5.74) is 1.76. The average Bonchev–Trinajstić information content (AvgIpc) is 2.40. The molecule has 0 saturated carbocycles. The summed E-state index contributed by atoms with van der Waals surface area (Å²) in [5, 5.41) is 10.5. The molecular weight excluding hydrogens is 212 g/mol.